The van der Waals surface area contributed by atoms with Crippen LogP contribution in [0.3, 0.4) is 0 Å². The predicted octanol–water partition coefficient (Wildman–Crippen LogP) is 1.78. The molecule has 0 amide bonds. The van der Waals surface area contributed by atoms with Crippen molar-refractivity contribution in [1.29, 1.82) is 10.5 Å². The molecule has 0 radical (unpaired) electrons. The second-order valence-corrected chi connectivity index (χ2v) is 3.55. The van der Waals surface area contributed by atoms with Gasteiger partial charge in [0.2, 0.25) is 0 Å². The van der Waals surface area contributed by atoms with Gasteiger partial charge in [0.05, 0.1) is 12.1 Å². The minimum atomic E-state index is -1.16. The van der Waals surface area contributed by atoms with E-state index in [1.165, 1.54) is 23.1 Å². The van der Waals surface area contributed by atoms with Crippen LogP contribution in [0.15, 0.2) is 24.3 Å². The number of halogens is 1. The topological polar surface area (TPSA) is 88.1 Å². The van der Waals surface area contributed by atoms with Crippen molar-refractivity contribution in [2.24, 2.45) is 0 Å². The molecule has 0 aromatic heterocycles. The molecule has 1 N–H and O–H groups in total. The molecule has 0 aliphatic rings. The second kappa shape index (κ2) is 6.77. The third-order valence-corrected chi connectivity index (χ3v) is 2.26. The molecule has 5 nitrogen and oxygen atoms in total. The second-order valence-electron chi connectivity index (χ2n) is 3.55. The van der Waals surface area contributed by atoms with Crippen molar-refractivity contribution in [2.45, 2.75) is 0 Å². The lowest BCUT2D eigenvalue weighted by molar-refractivity contribution is -0.131. The minimum Gasteiger partial charge on any atom is -0.478 e. The molecule has 1 aromatic carbocycles. The van der Waals surface area contributed by atoms with Crippen LogP contribution in [-0.2, 0) is 4.79 Å². The van der Waals surface area contributed by atoms with Gasteiger partial charge in [-0.15, -0.1) is 0 Å². The van der Waals surface area contributed by atoms with Crippen LogP contribution in [0.2, 0.25) is 0 Å². The summed E-state index contributed by atoms with van der Waals surface area (Å²) in [6.07, 6.45) is 2.09. The Morgan fingerprint density at radius 3 is 2.53 bits per heavy atom. The Kier molecular flexibility index (Phi) is 5.06. The molecular formula is C13H10FN3O2. The summed E-state index contributed by atoms with van der Waals surface area (Å²) >= 11 is 0. The zero-order chi connectivity index (χ0) is 14.3. The lowest BCUT2D eigenvalue weighted by atomic mass is 10.1. The van der Waals surface area contributed by atoms with Crippen LogP contribution in [0.5, 0.6) is 0 Å². The molecular weight excluding hydrogens is 249 g/mol. The van der Waals surface area contributed by atoms with E-state index in [1.54, 1.807) is 0 Å². The number of carbonyl (C=O) groups is 1. The number of carboxylic acids is 1. The molecule has 0 atom stereocenters. The molecule has 1 aromatic rings. The highest BCUT2D eigenvalue weighted by molar-refractivity contribution is 5.87. The molecule has 0 fully saturated rings. The van der Waals surface area contributed by atoms with Gasteiger partial charge in [0.1, 0.15) is 18.9 Å². The minimum absolute atomic E-state index is 0.0485. The number of aliphatic carboxylic acids is 1. The Balaban J connectivity index is 3.21. The number of nitrogens with zero attached hydrogens (tertiary/aromatic N) is 3. The lowest BCUT2D eigenvalue weighted by Crippen LogP contribution is -2.24. The highest BCUT2D eigenvalue weighted by Crippen LogP contribution is 2.22. The average molecular weight is 259 g/mol. The standard InChI is InChI=1S/C13H10FN3O2/c14-11-2-3-12(17(7-5-15)8-6-16)10(9-11)1-4-13(18)19/h1-4,9H,7-8H2,(H,18,19)/b4-1+. The zero-order valence-electron chi connectivity index (χ0n) is 9.88. The van der Waals surface area contributed by atoms with Crippen molar-refractivity contribution >= 4 is 17.7 Å². The van der Waals surface area contributed by atoms with E-state index in [4.69, 9.17) is 15.6 Å². The van der Waals surface area contributed by atoms with E-state index in [0.29, 0.717) is 11.3 Å². The number of rotatable bonds is 5. The van der Waals surface area contributed by atoms with Gasteiger partial charge in [0.25, 0.3) is 0 Å². The number of benzene rings is 1. The quantitative estimate of drug-likeness (QED) is 0.643. The molecule has 0 heterocycles. The maximum absolute atomic E-state index is 13.2. The third kappa shape index (κ3) is 4.14. The zero-order valence-corrected chi connectivity index (χ0v) is 9.88. The Morgan fingerprint density at radius 2 is 2.00 bits per heavy atom. The van der Waals surface area contributed by atoms with Crippen molar-refractivity contribution in [3.05, 3.63) is 35.7 Å². The Bertz CT molecular complexity index is 569. The number of anilines is 1. The summed E-state index contributed by atoms with van der Waals surface area (Å²) in [4.78, 5) is 11.9. The van der Waals surface area contributed by atoms with Crippen LogP contribution < -0.4 is 4.90 Å². The summed E-state index contributed by atoms with van der Waals surface area (Å²) in [5, 5.41) is 26.0. The van der Waals surface area contributed by atoms with Crippen LogP contribution in [-0.4, -0.2) is 24.2 Å². The van der Waals surface area contributed by atoms with Crippen molar-refractivity contribution < 1.29 is 14.3 Å². The van der Waals surface area contributed by atoms with E-state index in [1.807, 2.05) is 12.1 Å². The van der Waals surface area contributed by atoms with Crippen molar-refractivity contribution in [3.63, 3.8) is 0 Å². The number of nitriles is 2. The first-order chi connectivity index (χ1) is 9.08. The van der Waals surface area contributed by atoms with E-state index < -0.39 is 11.8 Å². The van der Waals surface area contributed by atoms with Crippen LogP contribution in [0.1, 0.15) is 5.56 Å². The summed E-state index contributed by atoms with van der Waals surface area (Å²) in [5.41, 5.74) is 0.731. The summed E-state index contributed by atoms with van der Waals surface area (Å²) < 4.78 is 13.2. The molecule has 0 bridgehead atoms. The molecule has 6 heteroatoms. The first kappa shape index (κ1) is 14.2. The maximum atomic E-state index is 13.2. The van der Waals surface area contributed by atoms with Gasteiger partial charge in [-0.3, -0.25) is 0 Å². The smallest absolute Gasteiger partial charge is 0.328 e. The fourth-order valence-corrected chi connectivity index (χ4v) is 1.50. The Labute approximate surface area is 109 Å². The van der Waals surface area contributed by atoms with Crippen molar-refractivity contribution in [3.8, 4) is 12.1 Å². The predicted molar refractivity (Wildman–Crippen MR) is 66.5 cm³/mol. The highest BCUT2D eigenvalue weighted by atomic mass is 19.1. The fourth-order valence-electron chi connectivity index (χ4n) is 1.50. The normalized spacial score (nSPS) is 9.84. The van der Waals surface area contributed by atoms with Gasteiger partial charge in [-0.1, -0.05) is 0 Å². The van der Waals surface area contributed by atoms with Gasteiger partial charge in [-0.2, -0.15) is 10.5 Å². The summed E-state index contributed by atoms with van der Waals surface area (Å²) in [5.74, 6) is -1.69. The van der Waals surface area contributed by atoms with E-state index >= 15 is 0 Å². The fraction of sp³-hybridized carbons (Fsp3) is 0.154. The van der Waals surface area contributed by atoms with Crippen molar-refractivity contribution in [1.82, 2.24) is 0 Å². The maximum Gasteiger partial charge on any atom is 0.328 e. The first-order valence-corrected chi connectivity index (χ1v) is 5.28. The van der Waals surface area contributed by atoms with Crippen molar-refractivity contribution in [2.75, 3.05) is 18.0 Å². The van der Waals surface area contributed by atoms with Crippen LogP contribution in [0, 0.1) is 28.5 Å². The molecule has 96 valence electrons. The number of hydrogen-bond acceptors (Lipinski definition) is 4. The molecule has 0 aliphatic carbocycles. The van der Waals surface area contributed by atoms with Gasteiger partial charge in [0.15, 0.2) is 0 Å². The Morgan fingerprint density at radius 1 is 1.37 bits per heavy atom. The molecule has 19 heavy (non-hydrogen) atoms. The van der Waals surface area contributed by atoms with Gasteiger partial charge < -0.3 is 10.0 Å². The molecule has 0 unspecified atom stereocenters. The van der Waals surface area contributed by atoms with Crippen LogP contribution in [0.4, 0.5) is 10.1 Å². The van der Waals surface area contributed by atoms with Gasteiger partial charge >= 0.3 is 5.97 Å². The van der Waals surface area contributed by atoms with E-state index in [2.05, 4.69) is 0 Å². The van der Waals surface area contributed by atoms with Gasteiger partial charge in [-0.25, -0.2) is 9.18 Å². The monoisotopic (exact) mass is 259 g/mol. The first-order valence-electron chi connectivity index (χ1n) is 5.28. The van der Waals surface area contributed by atoms with Crippen LogP contribution >= 0.6 is 0 Å². The van der Waals surface area contributed by atoms with E-state index in [-0.39, 0.29) is 13.1 Å². The summed E-state index contributed by atoms with van der Waals surface area (Å²) in [7, 11) is 0. The lowest BCUT2D eigenvalue weighted by Gasteiger charge is -2.20. The van der Waals surface area contributed by atoms with Gasteiger partial charge in [-0.05, 0) is 24.3 Å². The molecule has 0 aliphatic heterocycles. The molecule has 0 saturated heterocycles. The molecule has 0 spiro atoms. The summed E-state index contributed by atoms with van der Waals surface area (Å²) in [6, 6.07) is 7.54. The average Bonchev–Trinajstić information content (AvgIpc) is 2.36. The summed E-state index contributed by atoms with van der Waals surface area (Å²) in [6.45, 7) is -0.0970. The van der Waals surface area contributed by atoms with Crippen LogP contribution in [0.25, 0.3) is 6.08 Å². The highest BCUT2D eigenvalue weighted by Gasteiger charge is 2.10. The van der Waals surface area contributed by atoms with E-state index in [0.717, 1.165) is 12.1 Å². The Hall–Kier alpha value is -2.86. The largest absolute Gasteiger partial charge is 0.478 e. The van der Waals surface area contributed by atoms with Gasteiger partial charge in [0, 0.05) is 17.3 Å². The SMILES string of the molecule is N#CCN(CC#N)c1ccc(F)cc1/C=C/C(=O)O. The number of hydrogen-bond donors (Lipinski definition) is 1. The third-order valence-electron chi connectivity index (χ3n) is 2.26. The molecule has 0 saturated carbocycles. The number of carboxylic acid groups (broad SMARTS) is 1. The van der Waals surface area contributed by atoms with E-state index in [9.17, 15) is 9.18 Å². The molecule has 1 rings (SSSR count).